The van der Waals surface area contributed by atoms with Crippen LogP contribution in [0.25, 0.3) is 38.8 Å². The van der Waals surface area contributed by atoms with E-state index in [1.54, 1.807) is 0 Å². The Morgan fingerprint density at radius 1 is 1.07 bits per heavy atom. The highest BCUT2D eigenvalue weighted by atomic mass is 19.4. The quantitative estimate of drug-likeness (QED) is 0.216. The number of fused-ring (bicyclic) bond motifs is 2. The molecule has 5 N–H and O–H groups in total. The zero-order valence-corrected chi connectivity index (χ0v) is 21.3. The summed E-state index contributed by atoms with van der Waals surface area (Å²) in [5, 5.41) is 22.9. The lowest BCUT2D eigenvalue weighted by molar-refractivity contribution is -0.192. The van der Waals surface area contributed by atoms with Crippen molar-refractivity contribution in [2.24, 2.45) is 0 Å². The van der Waals surface area contributed by atoms with Gasteiger partial charge in [0.05, 0.1) is 11.4 Å². The second-order valence-electron chi connectivity index (χ2n) is 9.57. The smallest absolute Gasteiger partial charge is 0.475 e. The van der Waals surface area contributed by atoms with Crippen LogP contribution in [-0.2, 0) is 11.2 Å². The molecule has 9 nitrogen and oxygen atoms in total. The first-order valence-electron chi connectivity index (χ1n) is 12.6. The average molecular weight is 551 g/mol. The number of nitrogens with zero attached hydrogens (tertiary/aromatic N) is 2. The van der Waals surface area contributed by atoms with E-state index in [0.29, 0.717) is 23.1 Å². The first-order valence-corrected chi connectivity index (χ1v) is 12.6. The third-order valence-electron chi connectivity index (χ3n) is 6.97. The number of para-hydroxylation sites is 2. The zero-order chi connectivity index (χ0) is 28.6. The van der Waals surface area contributed by atoms with E-state index in [4.69, 9.17) is 9.90 Å². The summed E-state index contributed by atoms with van der Waals surface area (Å²) in [6.45, 7) is 2.95. The van der Waals surface area contributed by atoms with E-state index >= 15 is 0 Å². The molecule has 12 heteroatoms. The summed E-state index contributed by atoms with van der Waals surface area (Å²) < 4.78 is 33.3. The molecule has 0 saturated carbocycles. The lowest BCUT2D eigenvalue weighted by Crippen LogP contribution is -2.24. The molecule has 0 amide bonds. The highest BCUT2D eigenvalue weighted by Crippen LogP contribution is 2.36. The van der Waals surface area contributed by atoms with Crippen molar-refractivity contribution in [3.8, 4) is 23.0 Å². The van der Waals surface area contributed by atoms with Crippen LogP contribution < -0.4 is 11.0 Å². The third-order valence-corrected chi connectivity index (χ3v) is 6.97. The first kappa shape index (κ1) is 26.8. The van der Waals surface area contributed by atoms with Crippen molar-refractivity contribution < 1.29 is 23.1 Å². The number of benzene rings is 2. The van der Waals surface area contributed by atoms with Crippen LogP contribution in [0.5, 0.6) is 0 Å². The Bertz CT molecular complexity index is 1810. The standard InChI is InChI=1S/C26H24N6O.C2HF3O2/c1-15-25(18-9-3-5-11-20(18)29-15)32-22(14-27)24(31-26(32)33)23-17-8-2-4-10-19(17)30-21(23)13-16-7-6-12-28-16;3-2(4,5)1(6)7/h2-5,8-11,16,28-30H,6-7,12-13H2,1H3,(H,31,33);(H,6,7)/t16-;/m1./s1. The van der Waals surface area contributed by atoms with E-state index in [2.05, 4.69) is 26.3 Å². The molecule has 1 aliphatic heterocycles. The zero-order valence-electron chi connectivity index (χ0n) is 21.3. The topological polar surface area (TPSA) is 142 Å². The van der Waals surface area contributed by atoms with Crippen LogP contribution in [0.15, 0.2) is 53.3 Å². The van der Waals surface area contributed by atoms with Crippen LogP contribution in [0.4, 0.5) is 13.2 Å². The Hall–Kier alpha value is -4.76. The van der Waals surface area contributed by atoms with Gasteiger partial charge in [0.25, 0.3) is 0 Å². The summed E-state index contributed by atoms with van der Waals surface area (Å²) in [6, 6.07) is 18.6. The molecule has 3 aromatic heterocycles. The summed E-state index contributed by atoms with van der Waals surface area (Å²) in [6.07, 6.45) is -1.99. The van der Waals surface area contributed by atoms with Crippen molar-refractivity contribution in [3.05, 3.63) is 76.1 Å². The van der Waals surface area contributed by atoms with Crippen molar-refractivity contribution in [3.63, 3.8) is 0 Å². The van der Waals surface area contributed by atoms with Gasteiger partial charge in [-0.2, -0.15) is 18.4 Å². The van der Waals surface area contributed by atoms with E-state index < -0.39 is 12.1 Å². The maximum absolute atomic E-state index is 13.3. The second-order valence-corrected chi connectivity index (χ2v) is 9.57. The number of H-pyrrole nitrogens is 3. The molecule has 1 atom stereocenters. The first-order chi connectivity index (χ1) is 19.1. The molecule has 0 aliphatic carbocycles. The van der Waals surface area contributed by atoms with Crippen LogP contribution in [0.3, 0.4) is 0 Å². The Kier molecular flexibility index (Phi) is 6.99. The number of alkyl halides is 3. The third kappa shape index (κ3) is 4.87. The minimum atomic E-state index is -5.08. The van der Waals surface area contributed by atoms with E-state index in [-0.39, 0.29) is 5.69 Å². The predicted molar refractivity (Wildman–Crippen MR) is 143 cm³/mol. The molecule has 1 fully saturated rings. The summed E-state index contributed by atoms with van der Waals surface area (Å²) in [5.41, 5.74) is 6.01. The lowest BCUT2D eigenvalue weighted by atomic mass is 10.0. The number of rotatable bonds is 4. The number of hydrogen-bond acceptors (Lipinski definition) is 4. The Morgan fingerprint density at radius 2 is 1.70 bits per heavy atom. The number of aliphatic carboxylic acids is 1. The Balaban J connectivity index is 0.000000411. The maximum atomic E-state index is 13.3. The molecule has 0 bridgehead atoms. The van der Waals surface area contributed by atoms with Crippen molar-refractivity contribution in [1.29, 1.82) is 5.26 Å². The lowest BCUT2D eigenvalue weighted by Gasteiger charge is -2.11. The molecule has 6 rings (SSSR count). The van der Waals surface area contributed by atoms with Gasteiger partial charge in [-0.15, -0.1) is 0 Å². The van der Waals surface area contributed by atoms with Gasteiger partial charge in [-0.1, -0.05) is 36.4 Å². The Morgan fingerprint density at radius 3 is 2.30 bits per heavy atom. The number of aromatic amines is 3. The van der Waals surface area contributed by atoms with E-state index in [1.165, 1.54) is 4.57 Å². The van der Waals surface area contributed by atoms with Crippen LogP contribution in [0.2, 0.25) is 0 Å². The van der Waals surface area contributed by atoms with Gasteiger partial charge in [0.15, 0.2) is 5.69 Å². The normalized spacial score (nSPS) is 15.2. The van der Waals surface area contributed by atoms with Gasteiger partial charge in [0.1, 0.15) is 6.07 Å². The monoisotopic (exact) mass is 550 g/mol. The van der Waals surface area contributed by atoms with E-state index in [1.807, 2.05) is 55.5 Å². The fourth-order valence-electron chi connectivity index (χ4n) is 5.30. The van der Waals surface area contributed by atoms with E-state index in [9.17, 15) is 23.2 Å². The number of hydrogen-bond donors (Lipinski definition) is 5. The van der Waals surface area contributed by atoms with E-state index in [0.717, 1.165) is 64.6 Å². The summed E-state index contributed by atoms with van der Waals surface area (Å²) in [5.74, 6) is -2.76. The predicted octanol–water partition coefficient (Wildman–Crippen LogP) is 4.90. The van der Waals surface area contributed by atoms with Gasteiger partial charge in [-0.3, -0.25) is 0 Å². The number of carboxylic acid groups (broad SMARTS) is 1. The fourth-order valence-corrected chi connectivity index (χ4v) is 5.30. The van der Waals surface area contributed by atoms with Crippen molar-refractivity contribution in [2.75, 3.05) is 6.54 Å². The Labute approximate surface area is 225 Å². The van der Waals surface area contributed by atoms with Gasteiger partial charge < -0.3 is 25.4 Å². The molecule has 40 heavy (non-hydrogen) atoms. The summed E-state index contributed by atoms with van der Waals surface area (Å²) >= 11 is 0. The van der Waals surface area contributed by atoms with Gasteiger partial charge in [-0.05, 0) is 38.4 Å². The number of imidazole rings is 1. The molecule has 2 aromatic carbocycles. The van der Waals surface area contributed by atoms with Crippen molar-refractivity contribution in [1.82, 2.24) is 24.8 Å². The number of nitriles is 1. The molecule has 0 radical (unpaired) electrons. The van der Waals surface area contributed by atoms with Gasteiger partial charge in [-0.25, -0.2) is 14.2 Å². The maximum Gasteiger partial charge on any atom is 0.490 e. The number of halogens is 3. The number of aromatic nitrogens is 4. The number of aryl methyl sites for hydroxylation is 1. The molecule has 5 aromatic rings. The SMILES string of the molecule is Cc1[nH]c2ccccc2c1-n1c(C#N)c(-c2c(C[C@H]3CCCN3)[nH]c3ccccc23)[nH]c1=O.O=C(O)C(F)(F)F. The molecule has 0 spiro atoms. The minimum Gasteiger partial charge on any atom is -0.475 e. The molecule has 0 unspecified atom stereocenters. The molecular weight excluding hydrogens is 525 g/mol. The highest BCUT2D eigenvalue weighted by molar-refractivity contribution is 5.98. The molecule has 4 heterocycles. The summed E-state index contributed by atoms with van der Waals surface area (Å²) in [4.78, 5) is 32.2. The second kappa shape index (κ2) is 10.4. The molecule has 1 aliphatic rings. The minimum absolute atomic E-state index is 0.315. The fraction of sp³-hybridized carbons (Fsp3) is 0.250. The van der Waals surface area contributed by atoms with Crippen molar-refractivity contribution >= 4 is 27.8 Å². The van der Waals surface area contributed by atoms with Gasteiger partial charge >= 0.3 is 17.8 Å². The molecular formula is C28H25F3N6O3. The van der Waals surface area contributed by atoms with Crippen molar-refractivity contribution in [2.45, 2.75) is 38.4 Å². The average Bonchev–Trinajstić information content (AvgIpc) is 3.68. The number of nitrogens with one attached hydrogen (secondary N) is 4. The summed E-state index contributed by atoms with van der Waals surface area (Å²) in [7, 11) is 0. The largest absolute Gasteiger partial charge is 0.490 e. The van der Waals surface area contributed by atoms with Crippen LogP contribution >= 0.6 is 0 Å². The molecule has 206 valence electrons. The van der Waals surface area contributed by atoms with Gasteiger partial charge in [0.2, 0.25) is 0 Å². The van der Waals surface area contributed by atoms with Crippen LogP contribution in [0.1, 0.15) is 29.9 Å². The van der Waals surface area contributed by atoms with Crippen LogP contribution in [0, 0.1) is 18.3 Å². The van der Waals surface area contributed by atoms with Gasteiger partial charge in [0, 0.05) is 51.2 Å². The van der Waals surface area contributed by atoms with Crippen LogP contribution in [-0.4, -0.2) is 49.4 Å². The molecule has 1 saturated heterocycles. The highest BCUT2D eigenvalue weighted by Gasteiger charge is 2.38. The number of carbonyl (C=O) groups is 1. The number of carboxylic acids is 1.